The second kappa shape index (κ2) is 14.4. The molecule has 0 saturated heterocycles. The molecule has 0 spiro atoms. The Hall–Kier alpha value is -4.05. The van der Waals surface area contributed by atoms with Crippen LogP contribution in [0.2, 0.25) is 0 Å². The Morgan fingerprint density at radius 2 is 1.60 bits per heavy atom. The van der Waals surface area contributed by atoms with E-state index in [9.17, 15) is 27.2 Å². The van der Waals surface area contributed by atoms with Crippen LogP contribution in [0.1, 0.15) is 60.5 Å². The second-order valence-electron chi connectivity index (χ2n) is 11.0. The summed E-state index contributed by atoms with van der Waals surface area (Å²) in [6, 6.07) is 20.2. The third-order valence-corrected chi connectivity index (χ3v) is 8.88. The quantitative estimate of drug-likeness (QED) is 0.296. The molecule has 1 saturated carbocycles. The normalized spacial score (nSPS) is 14.5. The number of nitrogens with one attached hydrogen (secondary N) is 1. The van der Waals surface area contributed by atoms with E-state index in [0.29, 0.717) is 0 Å². The minimum atomic E-state index is -4.00. The van der Waals surface area contributed by atoms with Crippen LogP contribution in [-0.4, -0.2) is 55.8 Å². The number of Topliss-reactive ketones (excluding diaryl/α,β-unsaturated/α-hetero) is 1. The Labute approximate surface area is 252 Å². The summed E-state index contributed by atoms with van der Waals surface area (Å²) in [7, 11) is -4.00. The molecule has 3 aromatic carbocycles. The lowest BCUT2D eigenvalue weighted by atomic mass is 9.94. The number of ketones is 1. The molecule has 0 radical (unpaired) electrons. The van der Waals surface area contributed by atoms with Crippen LogP contribution in [0.15, 0.2) is 78.9 Å². The van der Waals surface area contributed by atoms with E-state index in [0.717, 1.165) is 48.2 Å². The van der Waals surface area contributed by atoms with Gasteiger partial charge >= 0.3 is 0 Å². The van der Waals surface area contributed by atoms with Crippen molar-refractivity contribution in [3.8, 4) is 0 Å². The van der Waals surface area contributed by atoms with Gasteiger partial charge in [-0.05, 0) is 43.5 Å². The number of anilines is 1. The molecule has 0 unspecified atom stereocenters. The van der Waals surface area contributed by atoms with Gasteiger partial charge in [0.25, 0.3) is 0 Å². The summed E-state index contributed by atoms with van der Waals surface area (Å²) in [4.78, 5) is 41.4. The van der Waals surface area contributed by atoms with Gasteiger partial charge in [0.2, 0.25) is 21.8 Å². The molecule has 1 aliphatic carbocycles. The Kier molecular flexibility index (Phi) is 10.7. The zero-order valence-electron chi connectivity index (χ0n) is 24.5. The van der Waals surface area contributed by atoms with Gasteiger partial charge in [0.1, 0.15) is 18.4 Å². The lowest BCUT2D eigenvalue weighted by molar-refractivity contribution is -0.140. The van der Waals surface area contributed by atoms with E-state index in [4.69, 9.17) is 0 Å². The van der Waals surface area contributed by atoms with Gasteiger partial charge in [-0.15, -0.1) is 0 Å². The van der Waals surface area contributed by atoms with E-state index in [-0.39, 0.29) is 47.5 Å². The summed E-state index contributed by atoms with van der Waals surface area (Å²) >= 11 is 0. The summed E-state index contributed by atoms with van der Waals surface area (Å²) in [5, 5.41) is 3.11. The fraction of sp³-hybridized carbons (Fsp3) is 0.364. The highest BCUT2D eigenvalue weighted by atomic mass is 32.2. The predicted octanol–water partition coefficient (Wildman–Crippen LogP) is 4.88. The van der Waals surface area contributed by atoms with Crippen LogP contribution in [0, 0.1) is 5.82 Å². The standard InChI is InChI=1S/C33H38FN3O5S/c1-24(38)26-15-11-18-29(21-26)37(43(2,41)42)23-32(39)36(22-27-14-9-10-19-30(27)34)31(20-25-12-5-3-6-13-25)33(40)35-28-16-7-4-8-17-28/h3,5-6,9-15,18-19,21,28,31H,4,7-8,16-17,20,22-23H2,1-2H3,(H,35,40)/t31-/m0/s1. The zero-order valence-corrected chi connectivity index (χ0v) is 25.4. The number of hydrogen-bond acceptors (Lipinski definition) is 5. The maximum atomic E-state index is 14.9. The number of nitrogens with zero attached hydrogens (tertiary/aromatic N) is 2. The summed E-state index contributed by atoms with van der Waals surface area (Å²) in [6.45, 7) is 0.479. The highest BCUT2D eigenvalue weighted by Crippen LogP contribution is 2.23. The third kappa shape index (κ3) is 8.73. The van der Waals surface area contributed by atoms with Gasteiger partial charge in [-0.1, -0.05) is 79.9 Å². The van der Waals surface area contributed by atoms with E-state index in [1.54, 1.807) is 24.3 Å². The fourth-order valence-electron chi connectivity index (χ4n) is 5.40. The molecule has 4 rings (SSSR count). The molecular formula is C33H38FN3O5S. The zero-order chi connectivity index (χ0) is 31.0. The van der Waals surface area contributed by atoms with Gasteiger partial charge in [0, 0.05) is 30.1 Å². The van der Waals surface area contributed by atoms with E-state index < -0.39 is 34.3 Å². The molecule has 1 fully saturated rings. The minimum Gasteiger partial charge on any atom is -0.352 e. The van der Waals surface area contributed by atoms with Crippen molar-refractivity contribution in [2.75, 3.05) is 17.1 Å². The molecule has 1 aliphatic rings. The fourth-order valence-corrected chi connectivity index (χ4v) is 6.24. The molecule has 228 valence electrons. The van der Waals surface area contributed by atoms with E-state index in [2.05, 4.69) is 5.32 Å². The van der Waals surface area contributed by atoms with E-state index in [1.165, 1.54) is 36.1 Å². The van der Waals surface area contributed by atoms with Crippen molar-refractivity contribution < 1.29 is 27.2 Å². The first-order chi connectivity index (χ1) is 20.5. The Bertz CT molecular complexity index is 1540. The van der Waals surface area contributed by atoms with Gasteiger partial charge in [-0.3, -0.25) is 18.7 Å². The number of carbonyl (C=O) groups excluding carboxylic acids is 3. The number of sulfonamides is 1. The minimum absolute atomic E-state index is 0.0354. The van der Waals surface area contributed by atoms with Crippen LogP contribution in [-0.2, 0) is 32.6 Å². The lowest BCUT2D eigenvalue weighted by Crippen LogP contribution is -2.55. The summed E-state index contributed by atoms with van der Waals surface area (Å²) in [5.74, 6) is -1.85. The summed E-state index contributed by atoms with van der Waals surface area (Å²) in [6.07, 6.45) is 5.88. The number of rotatable bonds is 12. The van der Waals surface area contributed by atoms with Crippen molar-refractivity contribution >= 4 is 33.3 Å². The van der Waals surface area contributed by atoms with Crippen LogP contribution in [0.25, 0.3) is 0 Å². The van der Waals surface area contributed by atoms with Crippen molar-refractivity contribution in [2.24, 2.45) is 0 Å². The van der Waals surface area contributed by atoms with Crippen LogP contribution < -0.4 is 9.62 Å². The monoisotopic (exact) mass is 607 g/mol. The molecule has 3 aromatic rings. The first-order valence-corrected chi connectivity index (χ1v) is 16.3. The molecule has 1 atom stereocenters. The topological polar surface area (TPSA) is 104 Å². The van der Waals surface area contributed by atoms with Crippen molar-refractivity contribution in [3.63, 3.8) is 0 Å². The molecule has 8 nitrogen and oxygen atoms in total. The molecular weight excluding hydrogens is 569 g/mol. The average Bonchev–Trinajstić information content (AvgIpc) is 2.99. The number of hydrogen-bond donors (Lipinski definition) is 1. The second-order valence-corrected chi connectivity index (χ2v) is 12.9. The first-order valence-electron chi connectivity index (χ1n) is 14.5. The Morgan fingerprint density at radius 3 is 2.26 bits per heavy atom. The first kappa shape index (κ1) is 31.9. The molecule has 43 heavy (non-hydrogen) atoms. The number of amides is 2. The highest BCUT2D eigenvalue weighted by Gasteiger charge is 2.34. The Balaban J connectivity index is 1.74. The van der Waals surface area contributed by atoms with Gasteiger partial charge in [0.15, 0.2) is 5.78 Å². The van der Waals surface area contributed by atoms with Gasteiger partial charge in [-0.2, -0.15) is 0 Å². The van der Waals surface area contributed by atoms with Gasteiger partial charge in [0.05, 0.1) is 11.9 Å². The summed E-state index contributed by atoms with van der Waals surface area (Å²) in [5.41, 5.74) is 1.42. The number of carbonyl (C=O) groups is 3. The van der Waals surface area contributed by atoms with E-state index in [1.807, 2.05) is 30.3 Å². The van der Waals surface area contributed by atoms with Gasteiger partial charge in [-0.25, -0.2) is 12.8 Å². The highest BCUT2D eigenvalue weighted by molar-refractivity contribution is 7.92. The predicted molar refractivity (Wildman–Crippen MR) is 165 cm³/mol. The molecule has 2 amide bonds. The molecule has 1 N–H and O–H groups in total. The molecule has 0 heterocycles. The summed E-state index contributed by atoms with van der Waals surface area (Å²) < 4.78 is 41.8. The maximum absolute atomic E-state index is 14.9. The van der Waals surface area contributed by atoms with Crippen molar-refractivity contribution in [1.82, 2.24) is 10.2 Å². The smallest absolute Gasteiger partial charge is 0.244 e. The third-order valence-electron chi connectivity index (χ3n) is 7.74. The van der Waals surface area contributed by atoms with Crippen LogP contribution in [0.5, 0.6) is 0 Å². The lowest BCUT2D eigenvalue weighted by Gasteiger charge is -2.35. The van der Waals surface area contributed by atoms with Crippen LogP contribution >= 0.6 is 0 Å². The van der Waals surface area contributed by atoms with Crippen molar-refractivity contribution in [3.05, 3.63) is 101 Å². The Morgan fingerprint density at radius 1 is 0.930 bits per heavy atom. The molecule has 0 bridgehead atoms. The molecule has 0 aliphatic heterocycles. The van der Waals surface area contributed by atoms with Crippen LogP contribution in [0.4, 0.5) is 10.1 Å². The average molecular weight is 608 g/mol. The van der Waals surface area contributed by atoms with Crippen molar-refractivity contribution in [1.29, 1.82) is 0 Å². The number of halogens is 1. The molecule has 0 aromatic heterocycles. The maximum Gasteiger partial charge on any atom is 0.244 e. The SMILES string of the molecule is CC(=O)c1cccc(N(CC(=O)N(Cc2ccccc2F)[C@@H](Cc2ccccc2)C(=O)NC2CCCCC2)S(C)(=O)=O)c1. The van der Waals surface area contributed by atoms with Gasteiger partial charge < -0.3 is 10.2 Å². The number of benzene rings is 3. The van der Waals surface area contributed by atoms with Crippen LogP contribution in [0.3, 0.4) is 0 Å². The van der Waals surface area contributed by atoms with Crippen molar-refractivity contribution in [2.45, 2.75) is 64.1 Å². The van der Waals surface area contributed by atoms with E-state index >= 15 is 0 Å². The molecule has 10 heteroatoms. The largest absolute Gasteiger partial charge is 0.352 e.